The summed E-state index contributed by atoms with van der Waals surface area (Å²) < 4.78 is 30.1. The molecular weight excluding hydrogens is 426 g/mol. The van der Waals surface area contributed by atoms with Gasteiger partial charge in [-0.3, -0.25) is 4.79 Å². The van der Waals surface area contributed by atoms with Crippen molar-refractivity contribution in [2.75, 3.05) is 39.8 Å². The van der Waals surface area contributed by atoms with Crippen LogP contribution in [-0.4, -0.2) is 72.9 Å². The van der Waals surface area contributed by atoms with Crippen molar-refractivity contribution in [3.8, 4) is 11.1 Å². The minimum Gasteiger partial charge on any atom is -0.350 e. The number of carbonyl (C=O) groups is 1. The van der Waals surface area contributed by atoms with Crippen molar-refractivity contribution in [2.45, 2.75) is 11.4 Å². The van der Waals surface area contributed by atoms with Crippen LogP contribution >= 0.6 is 0 Å². The van der Waals surface area contributed by atoms with Crippen LogP contribution < -0.4 is 5.32 Å². The monoisotopic (exact) mass is 453 g/mol. The first-order valence-electron chi connectivity index (χ1n) is 10.6. The molecule has 0 bridgehead atoms. The average molecular weight is 454 g/mol. The number of hydrogen-bond donors (Lipinski definition) is 1. The van der Waals surface area contributed by atoms with E-state index in [1.54, 1.807) is 24.7 Å². The van der Waals surface area contributed by atoms with Crippen LogP contribution in [0.2, 0.25) is 0 Å². The molecule has 2 heterocycles. The van der Waals surface area contributed by atoms with E-state index in [0.29, 0.717) is 50.4 Å². The number of likely N-dealkylation sites (N-methyl/N-ethyl adjacent to an activating group) is 1. The Balaban J connectivity index is 1.63. The third kappa shape index (κ3) is 5.07. The van der Waals surface area contributed by atoms with Crippen LogP contribution in [-0.2, 0) is 16.6 Å². The summed E-state index contributed by atoms with van der Waals surface area (Å²) >= 11 is 0. The molecule has 1 aliphatic rings. The lowest BCUT2D eigenvalue weighted by atomic mass is 10.0. The fourth-order valence-corrected chi connectivity index (χ4v) is 5.17. The van der Waals surface area contributed by atoms with Gasteiger partial charge >= 0.3 is 0 Å². The van der Waals surface area contributed by atoms with Gasteiger partial charge in [-0.2, -0.15) is 4.31 Å². The molecule has 0 unspecified atom stereocenters. The Labute approximate surface area is 188 Å². The second kappa shape index (κ2) is 9.64. The highest BCUT2D eigenvalue weighted by Crippen LogP contribution is 2.27. The summed E-state index contributed by atoms with van der Waals surface area (Å²) in [4.78, 5) is 19.1. The van der Waals surface area contributed by atoms with Crippen LogP contribution in [0.4, 0.5) is 0 Å². The molecule has 0 atom stereocenters. The second-order valence-electron chi connectivity index (χ2n) is 7.88. The standard InChI is InChI=1S/C23H27N5O3S/c1-26-11-13-28(14-12-26)32(30,31)22-16-20(19-5-3-2-4-6-19)15-21(17-22)23(29)25-8-10-27-9-7-24-18-27/h2-7,9,15-18H,8,10-14H2,1H3,(H,25,29). The van der Waals surface area contributed by atoms with Crippen LogP contribution in [0.5, 0.6) is 0 Å². The number of piperazine rings is 1. The van der Waals surface area contributed by atoms with Crippen molar-refractivity contribution in [2.24, 2.45) is 0 Å². The van der Waals surface area contributed by atoms with Crippen LogP contribution in [0.15, 0.2) is 72.1 Å². The Bertz CT molecular complexity index is 1160. The summed E-state index contributed by atoms with van der Waals surface area (Å²) in [7, 11) is -1.74. The molecule has 0 saturated carbocycles. The highest BCUT2D eigenvalue weighted by molar-refractivity contribution is 7.89. The molecule has 9 heteroatoms. The smallest absolute Gasteiger partial charge is 0.251 e. The largest absolute Gasteiger partial charge is 0.350 e. The zero-order valence-corrected chi connectivity index (χ0v) is 18.8. The van der Waals surface area contributed by atoms with E-state index in [-0.39, 0.29) is 10.8 Å². The minimum absolute atomic E-state index is 0.142. The van der Waals surface area contributed by atoms with Crippen LogP contribution in [0.1, 0.15) is 10.4 Å². The maximum absolute atomic E-state index is 13.4. The lowest BCUT2D eigenvalue weighted by Gasteiger charge is -2.31. The number of rotatable bonds is 7. The SMILES string of the molecule is CN1CCN(S(=O)(=O)c2cc(C(=O)NCCn3ccnc3)cc(-c3ccccc3)c2)CC1. The molecule has 1 saturated heterocycles. The summed E-state index contributed by atoms with van der Waals surface area (Å²) in [6.45, 7) is 3.21. The number of nitrogens with zero attached hydrogens (tertiary/aromatic N) is 4. The van der Waals surface area contributed by atoms with E-state index in [1.165, 1.54) is 10.4 Å². The van der Waals surface area contributed by atoms with E-state index < -0.39 is 10.0 Å². The van der Waals surface area contributed by atoms with Gasteiger partial charge < -0.3 is 14.8 Å². The summed E-state index contributed by atoms with van der Waals surface area (Å²) in [6, 6.07) is 14.4. The quantitative estimate of drug-likeness (QED) is 0.591. The number of aromatic nitrogens is 2. The van der Waals surface area contributed by atoms with Crippen LogP contribution in [0, 0.1) is 0 Å². The first kappa shape index (κ1) is 22.2. The van der Waals surface area contributed by atoms with Crippen molar-refractivity contribution < 1.29 is 13.2 Å². The lowest BCUT2D eigenvalue weighted by molar-refractivity contribution is 0.0952. The van der Waals surface area contributed by atoms with Gasteiger partial charge in [-0.05, 0) is 36.4 Å². The maximum Gasteiger partial charge on any atom is 0.251 e. The fraction of sp³-hybridized carbons (Fsp3) is 0.304. The van der Waals surface area contributed by atoms with Gasteiger partial charge in [0.25, 0.3) is 5.91 Å². The van der Waals surface area contributed by atoms with E-state index in [0.717, 1.165) is 5.56 Å². The summed E-state index contributed by atoms with van der Waals surface area (Å²) in [5.41, 5.74) is 1.88. The Morgan fingerprint density at radius 2 is 1.78 bits per heavy atom. The van der Waals surface area contributed by atoms with E-state index in [9.17, 15) is 13.2 Å². The van der Waals surface area contributed by atoms with Crippen molar-refractivity contribution in [1.82, 2.24) is 24.1 Å². The predicted octanol–water partition coefficient (Wildman–Crippen LogP) is 1.92. The fourth-order valence-electron chi connectivity index (χ4n) is 3.67. The lowest BCUT2D eigenvalue weighted by Crippen LogP contribution is -2.47. The highest BCUT2D eigenvalue weighted by Gasteiger charge is 2.28. The molecule has 4 rings (SSSR count). The zero-order chi connectivity index (χ0) is 22.6. The van der Waals surface area contributed by atoms with Gasteiger partial charge in [-0.25, -0.2) is 13.4 Å². The third-order valence-electron chi connectivity index (χ3n) is 5.59. The van der Waals surface area contributed by atoms with E-state index >= 15 is 0 Å². The average Bonchev–Trinajstić information content (AvgIpc) is 3.33. The Hall–Kier alpha value is -3.01. The van der Waals surface area contributed by atoms with E-state index in [2.05, 4.69) is 15.2 Å². The molecule has 1 amide bonds. The topological polar surface area (TPSA) is 87.5 Å². The molecular formula is C23H27N5O3S. The van der Waals surface area contributed by atoms with E-state index in [1.807, 2.05) is 48.1 Å². The van der Waals surface area contributed by atoms with Gasteiger partial charge in [-0.15, -0.1) is 0 Å². The molecule has 1 aliphatic heterocycles. The minimum atomic E-state index is -3.71. The number of imidazole rings is 1. The van der Waals surface area contributed by atoms with Gasteiger partial charge in [0.2, 0.25) is 10.0 Å². The number of carbonyl (C=O) groups excluding carboxylic acids is 1. The summed E-state index contributed by atoms with van der Waals surface area (Å²) in [5, 5.41) is 2.88. The van der Waals surface area contributed by atoms with Gasteiger partial charge in [0, 0.05) is 57.2 Å². The van der Waals surface area contributed by atoms with Gasteiger partial charge in [-0.1, -0.05) is 30.3 Å². The molecule has 1 aromatic heterocycles. The van der Waals surface area contributed by atoms with Gasteiger partial charge in [0.05, 0.1) is 11.2 Å². The number of nitrogens with one attached hydrogen (secondary N) is 1. The normalized spacial score (nSPS) is 15.5. The predicted molar refractivity (Wildman–Crippen MR) is 123 cm³/mol. The Morgan fingerprint density at radius 1 is 1.03 bits per heavy atom. The van der Waals surface area contributed by atoms with Crippen molar-refractivity contribution in [3.05, 3.63) is 72.8 Å². The number of benzene rings is 2. The molecule has 1 N–H and O–H groups in total. The highest BCUT2D eigenvalue weighted by atomic mass is 32.2. The molecule has 3 aromatic rings. The molecule has 0 aliphatic carbocycles. The molecule has 8 nitrogen and oxygen atoms in total. The first-order valence-corrected chi connectivity index (χ1v) is 12.0. The summed E-state index contributed by atoms with van der Waals surface area (Å²) in [5.74, 6) is -0.308. The maximum atomic E-state index is 13.4. The van der Waals surface area contributed by atoms with Crippen molar-refractivity contribution in [1.29, 1.82) is 0 Å². The Morgan fingerprint density at radius 3 is 2.47 bits per heavy atom. The molecule has 0 radical (unpaired) electrons. The van der Waals surface area contributed by atoms with Crippen molar-refractivity contribution >= 4 is 15.9 Å². The number of hydrogen-bond acceptors (Lipinski definition) is 5. The van der Waals surface area contributed by atoms with Gasteiger partial charge in [0.15, 0.2) is 0 Å². The first-order chi connectivity index (χ1) is 15.4. The number of amides is 1. The second-order valence-corrected chi connectivity index (χ2v) is 9.81. The van der Waals surface area contributed by atoms with E-state index in [4.69, 9.17) is 0 Å². The molecule has 0 spiro atoms. The summed E-state index contributed by atoms with van der Waals surface area (Å²) in [6.07, 6.45) is 5.19. The molecule has 168 valence electrons. The number of sulfonamides is 1. The Kier molecular flexibility index (Phi) is 6.69. The molecule has 2 aromatic carbocycles. The van der Waals surface area contributed by atoms with Crippen LogP contribution in [0.3, 0.4) is 0 Å². The molecule has 32 heavy (non-hydrogen) atoms. The third-order valence-corrected chi connectivity index (χ3v) is 7.47. The zero-order valence-electron chi connectivity index (χ0n) is 18.0. The molecule has 1 fully saturated rings. The van der Waals surface area contributed by atoms with Crippen molar-refractivity contribution in [3.63, 3.8) is 0 Å². The van der Waals surface area contributed by atoms with Gasteiger partial charge in [0.1, 0.15) is 0 Å². The van der Waals surface area contributed by atoms with Crippen LogP contribution in [0.25, 0.3) is 11.1 Å².